The quantitative estimate of drug-likeness (QED) is 0.459. The molecule has 2 aliphatic heterocycles. The van der Waals surface area contributed by atoms with Crippen LogP contribution in [0.3, 0.4) is 0 Å². The first-order valence-corrected chi connectivity index (χ1v) is 16.8. The second-order valence-corrected chi connectivity index (χ2v) is 15.4. The van der Waals surface area contributed by atoms with E-state index in [1.807, 2.05) is 0 Å². The van der Waals surface area contributed by atoms with Gasteiger partial charge in [-0.25, -0.2) is 21.8 Å². The first-order chi connectivity index (χ1) is 17.9. The maximum atomic E-state index is 13.2. The largest absolute Gasteiger partial charge is 0.345 e. The molecule has 2 atom stereocenters. The normalized spacial score (nSPS) is 21.7. The van der Waals surface area contributed by atoms with E-state index in [0.717, 1.165) is 21.8 Å². The number of rotatable bonds is 5. The van der Waals surface area contributed by atoms with E-state index in [4.69, 9.17) is 0 Å². The average molecular weight is 577 g/mol. The second kappa shape index (κ2) is 10.2. The average Bonchev–Trinajstić information content (AvgIpc) is 3.31. The van der Waals surface area contributed by atoms with Gasteiger partial charge in [0.15, 0.2) is 15.0 Å². The molecule has 2 unspecified atom stereocenters. The number of piperazine rings is 1. The smallest absolute Gasteiger partial charge is 0.253 e. The second-order valence-electron chi connectivity index (χ2n) is 10.5. The summed E-state index contributed by atoms with van der Waals surface area (Å²) in [6.07, 6.45) is 2.21. The molecule has 38 heavy (non-hydrogen) atoms. The van der Waals surface area contributed by atoms with E-state index in [-0.39, 0.29) is 15.7 Å². The number of sulfonamides is 1. The van der Waals surface area contributed by atoms with Gasteiger partial charge < -0.3 is 9.80 Å². The SMILES string of the molecule is CC1CC(C)CN(S(=O)(=O)c2ccc(C(=O)N3CCN(c4nc5ccc(S(C)(=O)=O)cc5s4)CC3)cc2)C1. The number of hydrogen-bond donors (Lipinski definition) is 0. The molecule has 0 radical (unpaired) electrons. The van der Waals surface area contributed by atoms with Crippen LogP contribution in [0.5, 0.6) is 0 Å². The summed E-state index contributed by atoms with van der Waals surface area (Å²) in [5.74, 6) is 0.512. The van der Waals surface area contributed by atoms with Crippen molar-refractivity contribution in [1.29, 1.82) is 0 Å². The molecule has 3 aromatic rings. The van der Waals surface area contributed by atoms with Crippen LogP contribution < -0.4 is 4.90 Å². The van der Waals surface area contributed by atoms with E-state index in [0.29, 0.717) is 56.7 Å². The molecular weight excluding hydrogens is 545 g/mol. The Balaban J connectivity index is 1.23. The van der Waals surface area contributed by atoms with Gasteiger partial charge in [0, 0.05) is 51.1 Å². The molecular formula is C26H32N4O5S3. The number of fused-ring (bicyclic) bond motifs is 1. The molecule has 12 heteroatoms. The van der Waals surface area contributed by atoms with Crippen LogP contribution in [0.25, 0.3) is 10.2 Å². The standard InChI is InChI=1S/C26H32N4O5S3/c1-18-14-19(2)17-30(16-18)38(34,35)21-6-4-20(5-7-21)25(31)28-10-12-29(13-11-28)26-27-23-9-8-22(37(3,32)33)15-24(23)36-26/h4-9,15,18-19H,10-14,16-17H2,1-3H3. The molecule has 204 valence electrons. The monoisotopic (exact) mass is 576 g/mol. The first kappa shape index (κ1) is 27.0. The lowest BCUT2D eigenvalue weighted by atomic mass is 9.94. The van der Waals surface area contributed by atoms with Crippen molar-refractivity contribution >= 4 is 52.5 Å². The Hall–Kier alpha value is -2.54. The number of amides is 1. The molecule has 0 saturated carbocycles. The highest BCUT2D eigenvalue weighted by atomic mass is 32.2. The van der Waals surface area contributed by atoms with Crippen LogP contribution in [0, 0.1) is 11.8 Å². The molecule has 2 aliphatic rings. The minimum absolute atomic E-state index is 0.129. The molecule has 0 aliphatic carbocycles. The maximum absolute atomic E-state index is 13.2. The van der Waals surface area contributed by atoms with E-state index in [2.05, 4.69) is 23.7 Å². The van der Waals surface area contributed by atoms with Gasteiger partial charge in [-0.2, -0.15) is 4.31 Å². The fraction of sp³-hybridized carbons (Fsp3) is 0.462. The predicted octanol–water partition coefficient (Wildman–Crippen LogP) is 3.33. The highest BCUT2D eigenvalue weighted by Crippen LogP contribution is 2.31. The molecule has 2 fully saturated rings. The Morgan fingerprint density at radius 1 is 0.895 bits per heavy atom. The number of piperidine rings is 1. The Bertz CT molecular complexity index is 1550. The van der Waals surface area contributed by atoms with Crippen LogP contribution >= 0.6 is 11.3 Å². The number of nitrogens with zero attached hydrogens (tertiary/aromatic N) is 4. The summed E-state index contributed by atoms with van der Waals surface area (Å²) in [5.41, 5.74) is 1.21. The number of benzene rings is 2. The highest BCUT2D eigenvalue weighted by molar-refractivity contribution is 7.90. The molecule has 0 bridgehead atoms. The lowest BCUT2D eigenvalue weighted by molar-refractivity contribution is 0.0746. The lowest BCUT2D eigenvalue weighted by Crippen LogP contribution is -2.48. The van der Waals surface area contributed by atoms with Crippen LogP contribution in [-0.4, -0.2) is 82.5 Å². The van der Waals surface area contributed by atoms with E-state index < -0.39 is 19.9 Å². The van der Waals surface area contributed by atoms with Crippen molar-refractivity contribution in [3.05, 3.63) is 48.0 Å². The number of hydrogen-bond acceptors (Lipinski definition) is 8. The van der Waals surface area contributed by atoms with Crippen molar-refractivity contribution < 1.29 is 21.6 Å². The minimum atomic E-state index is -3.59. The van der Waals surface area contributed by atoms with Crippen LogP contribution in [-0.2, 0) is 19.9 Å². The van der Waals surface area contributed by atoms with E-state index >= 15 is 0 Å². The number of carbonyl (C=O) groups excluding carboxylic acids is 1. The van der Waals surface area contributed by atoms with Gasteiger partial charge in [0.05, 0.1) is 20.0 Å². The van der Waals surface area contributed by atoms with E-state index in [9.17, 15) is 21.6 Å². The predicted molar refractivity (Wildman–Crippen MR) is 149 cm³/mol. The van der Waals surface area contributed by atoms with Gasteiger partial charge in [-0.05, 0) is 60.7 Å². The van der Waals surface area contributed by atoms with Crippen LogP contribution in [0.2, 0.25) is 0 Å². The molecule has 0 N–H and O–H groups in total. The van der Waals surface area contributed by atoms with Crippen molar-refractivity contribution in [2.75, 3.05) is 50.4 Å². The van der Waals surface area contributed by atoms with Gasteiger partial charge in [-0.15, -0.1) is 0 Å². The topological polar surface area (TPSA) is 108 Å². The van der Waals surface area contributed by atoms with Gasteiger partial charge in [0.25, 0.3) is 5.91 Å². The van der Waals surface area contributed by atoms with Gasteiger partial charge in [0.1, 0.15) is 0 Å². The summed E-state index contributed by atoms with van der Waals surface area (Å²) in [6.45, 7) is 7.40. The number of carbonyl (C=O) groups is 1. The molecule has 2 aromatic carbocycles. The zero-order valence-corrected chi connectivity index (χ0v) is 24.2. The Labute approximate surface area is 228 Å². The summed E-state index contributed by atoms with van der Waals surface area (Å²) in [6, 6.07) is 11.2. The van der Waals surface area contributed by atoms with Crippen molar-refractivity contribution in [3.63, 3.8) is 0 Å². The zero-order valence-electron chi connectivity index (χ0n) is 21.7. The molecule has 3 heterocycles. The van der Waals surface area contributed by atoms with E-state index in [1.54, 1.807) is 39.5 Å². The Kier molecular flexibility index (Phi) is 7.27. The summed E-state index contributed by atoms with van der Waals surface area (Å²) in [7, 11) is -6.88. The fourth-order valence-electron chi connectivity index (χ4n) is 5.26. The van der Waals surface area contributed by atoms with E-state index in [1.165, 1.54) is 29.7 Å². The van der Waals surface area contributed by atoms with Crippen LogP contribution in [0.1, 0.15) is 30.6 Å². The lowest BCUT2D eigenvalue weighted by Gasteiger charge is -2.35. The molecule has 1 amide bonds. The number of anilines is 1. The molecule has 2 saturated heterocycles. The van der Waals surface area contributed by atoms with Gasteiger partial charge in [0.2, 0.25) is 10.0 Å². The number of thiazole rings is 1. The van der Waals surface area contributed by atoms with Crippen molar-refractivity contribution in [2.24, 2.45) is 11.8 Å². The summed E-state index contributed by atoms with van der Waals surface area (Å²) >= 11 is 1.44. The summed E-state index contributed by atoms with van der Waals surface area (Å²) in [5, 5.41) is 0.800. The van der Waals surface area contributed by atoms with Crippen molar-refractivity contribution in [1.82, 2.24) is 14.2 Å². The minimum Gasteiger partial charge on any atom is -0.345 e. The van der Waals surface area contributed by atoms with Crippen LogP contribution in [0.4, 0.5) is 5.13 Å². The zero-order chi connectivity index (χ0) is 27.2. The summed E-state index contributed by atoms with van der Waals surface area (Å²) < 4.78 is 52.4. The van der Waals surface area contributed by atoms with Gasteiger partial charge >= 0.3 is 0 Å². The van der Waals surface area contributed by atoms with Crippen LogP contribution in [0.15, 0.2) is 52.3 Å². The Morgan fingerprint density at radius 2 is 1.50 bits per heavy atom. The number of sulfone groups is 1. The Morgan fingerprint density at radius 3 is 2.11 bits per heavy atom. The van der Waals surface area contributed by atoms with Crippen molar-refractivity contribution in [2.45, 2.75) is 30.1 Å². The van der Waals surface area contributed by atoms with Gasteiger partial charge in [-0.1, -0.05) is 25.2 Å². The molecule has 1 aromatic heterocycles. The third kappa shape index (κ3) is 5.45. The van der Waals surface area contributed by atoms with Gasteiger partial charge in [-0.3, -0.25) is 4.79 Å². The first-order valence-electron chi connectivity index (χ1n) is 12.7. The third-order valence-corrected chi connectivity index (χ3v) is 11.2. The fourth-order valence-corrected chi connectivity index (χ4v) is 8.72. The third-order valence-electron chi connectivity index (χ3n) is 7.19. The molecule has 5 rings (SSSR count). The maximum Gasteiger partial charge on any atom is 0.253 e. The molecule has 0 spiro atoms. The highest BCUT2D eigenvalue weighted by Gasteiger charge is 2.32. The number of aromatic nitrogens is 1. The van der Waals surface area contributed by atoms with Crippen molar-refractivity contribution in [3.8, 4) is 0 Å². The summed E-state index contributed by atoms with van der Waals surface area (Å²) in [4.78, 5) is 22.2. The molecule has 9 nitrogen and oxygen atoms in total.